The minimum atomic E-state index is -0.437. The molecule has 0 bridgehead atoms. The van der Waals surface area contributed by atoms with Crippen LogP contribution in [0.1, 0.15) is 18.2 Å². The molecule has 1 aromatic heterocycles. The SMILES string of the molecule is CC1=CN2C(=N)/C(=C\c3ccc(-c4ccc(C)c(Cl)c4)o3)C(=O)N=C2S1. The van der Waals surface area contributed by atoms with Crippen molar-refractivity contribution in [3.8, 4) is 11.3 Å². The van der Waals surface area contributed by atoms with E-state index in [1.807, 2.05) is 38.1 Å². The highest BCUT2D eigenvalue weighted by Crippen LogP contribution is 2.33. The number of hydrogen-bond donors (Lipinski definition) is 1. The molecule has 130 valence electrons. The number of rotatable bonds is 2. The molecule has 7 heteroatoms. The van der Waals surface area contributed by atoms with Crippen molar-refractivity contribution in [2.45, 2.75) is 13.8 Å². The number of nitrogens with zero attached hydrogens (tertiary/aromatic N) is 2. The van der Waals surface area contributed by atoms with Gasteiger partial charge in [-0.2, -0.15) is 4.99 Å². The van der Waals surface area contributed by atoms with Crippen LogP contribution in [0, 0.1) is 12.3 Å². The molecule has 2 aromatic rings. The lowest BCUT2D eigenvalue weighted by Crippen LogP contribution is -2.35. The highest BCUT2D eigenvalue weighted by Gasteiger charge is 2.33. The number of hydrogen-bond acceptors (Lipinski definition) is 4. The highest BCUT2D eigenvalue weighted by molar-refractivity contribution is 8.17. The summed E-state index contributed by atoms with van der Waals surface area (Å²) in [6.45, 7) is 3.85. The molecular formula is C19H14ClN3O2S. The molecule has 1 aromatic carbocycles. The molecule has 0 atom stereocenters. The van der Waals surface area contributed by atoms with Crippen LogP contribution in [0.2, 0.25) is 5.02 Å². The Balaban J connectivity index is 1.67. The van der Waals surface area contributed by atoms with Crippen LogP contribution < -0.4 is 0 Å². The van der Waals surface area contributed by atoms with Crippen molar-refractivity contribution in [1.82, 2.24) is 4.90 Å². The lowest BCUT2D eigenvalue weighted by Gasteiger charge is -2.21. The molecule has 26 heavy (non-hydrogen) atoms. The summed E-state index contributed by atoms with van der Waals surface area (Å²) in [7, 11) is 0. The maximum absolute atomic E-state index is 12.3. The van der Waals surface area contributed by atoms with Gasteiger partial charge in [0.1, 0.15) is 17.4 Å². The monoisotopic (exact) mass is 383 g/mol. The van der Waals surface area contributed by atoms with E-state index >= 15 is 0 Å². The van der Waals surface area contributed by atoms with E-state index in [2.05, 4.69) is 4.99 Å². The van der Waals surface area contributed by atoms with Gasteiger partial charge in [-0.05, 0) is 43.7 Å². The van der Waals surface area contributed by atoms with Crippen molar-refractivity contribution < 1.29 is 9.21 Å². The van der Waals surface area contributed by atoms with E-state index in [0.717, 1.165) is 16.0 Å². The van der Waals surface area contributed by atoms with E-state index in [1.165, 1.54) is 11.8 Å². The molecule has 1 N–H and O–H groups in total. The van der Waals surface area contributed by atoms with Crippen molar-refractivity contribution in [1.29, 1.82) is 5.41 Å². The van der Waals surface area contributed by atoms with Crippen LogP contribution in [0.5, 0.6) is 0 Å². The summed E-state index contributed by atoms with van der Waals surface area (Å²) in [6.07, 6.45) is 3.35. The first-order valence-corrected chi connectivity index (χ1v) is 9.07. The second-order valence-electron chi connectivity index (χ2n) is 5.98. The maximum Gasteiger partial charge on any atom is 0.283 e. The molecule has 0 spiro atoms. The van der Waals surface area contributed by atoms with Crippen LogP contribution in [-0.2, 0) is 4.79 Å². The summed E-state index contributed by atoms with van der Waals surface area (Å²) in [4.78, 5) is 18.9. The molecule has 0 radical (unpaired) electrons. The number of benzene rings is 1. The highest BCUT2D eigenvalue weighted by atomic mass is 35.5. The van der Waals surface area contributed by atoms with Gasteiger partial charge in [0.15, 0.2) is 5.17 Å². The van der Waals surface area contributed by atoms with Crippen LogP contribution in [0.15, 0.2) is 56.4 Å². The number of thioether (sulfide) groups is 1. The molecule has 0 unspecified atom stereocenters. The van der Waals surface area contributed by atoms with Crippen LogP contribution in [0.3, 0.4) is 0 Å². The van der Waals surface area contributed by atoms with Gasteiger partial charge in [-0.25, -0.2) is 0 Å². The van der Waals surface area contributed by atoms with Crippen LogP contribution in [-0.4, -0.2) is 21.8 Å². The largest absolute Gasteiger partial charge is 0.457 e. The zero-order chi connectivity index (χ0) is 18.4. The molecule has 0 fully saturated rings. The fourth-order valence-corrected chi connectivity index (χ4v) is 3.67. The van der Waals surface area contributed by atoms with E-state index in [0.29, 0.717) is 21.7 Å². The topological polar surface area (TPSA) is 69.7 Å². The Kier molecular flexibility index (Phi) is 4.09. The molecule has 5 nitrogen and oxygen atoms in total. The Morgan fingerprint density at radius 1 is 1.27 bits per heavy atom. The zero-order valence-electron chi connectivity index (χ0n) is 14.0. The third-order valence-electron chi connectivity index (χ3n) is 4.06. The standard InChI is InChI=1S/C19H14ClN3O2S/c1-10-3-4-12(7-15(10)20)16-6-5-13(25-16)8-14-17(21)23-9-11(2)26-19(23)22-18(14)24/h3-9,21H,1-2H3/b14-8+,21-17?. The predicted octanol–water partition coefficient (Wildman–Crippen LogP) is 5.08. The number of halogens is 1. The number of furan rings is 1. The molecule has 4 rings (SSSR count). The smallest absolute Gasteiger partial charge is 0.283 e. The van der Waals surface area contributed by atoms with E-state index in [1.54, 1.807) is 23.2 Å². The fourth-order valence-electron chi connectivity index (χ4n) is 2.68. The van der Waals surface area contributed by atoms with E-state index < -0.39 is 5.91 Å². The number of amides is 1. The van der Waals surface area contributed by atoms with Crippen molar-refractivity contribution in [3.63, 3.8) is 0 Å². The first-order chi connectivity index (χ1) is 12.4. The number of carbonyl (C=O) groups excluding carboxylic acids is 1. The third kappa shape index (κ3) is 2.91. The lowest BCUT2D eigenvalue weighted by atomic mass is 10.1. The summed E-state index contributed by atoms with van der Waals surface area (Å²) >= 11 is 7.56. The second-order valence-corrected chi connectivity index (χ2v) is 7.60. The van der Waals surface area contributed by atoms with Crippen molar-refractivity contribution in [3.05, 3.63) is 63.4 Å². The number of nitrogens with one attached hydrogen (secondary N) is 1. The Labute approximate surface area is 159 Å². The van der Waals surface area contributed by atoms with Gasteiger partial charge < -0.3 is 4.42 Å². The van der Waals surface area contributed by atoms with E-state index in [-0.39, 0.29) is 11.4 Å². The van der Waals surface area contributed by atoms with Gasteiger partial charge >= 0.3 is 0 Å². The number of fused-ring (bicyclic) bond motifs is 1. The summed E-state index contributed by atoms with van der Waals surface area (Å²) in [5.74, 6) is 0.787. The summed E-state index contributed by atoms with van der Waals surface area (Å²) in [5.41, 5.74) is 2.04. The van der Waals surface area contributed by atoms with Gasteiger partial charge in [-0.1, -0.05) is 35.5 Å². The van der Waals surface area contributed by atoms with Gasteiger partial charge in [0.2, 0.25) is 0 Å². The van der Waals surface area contributed by atoms with Gasteiger partial charge in [-0.3, -0.25) is 15.1 Å². The van der Waals surface area contributed by atoms with Gasteiger partial charge in [0.25, 0.3) is 5.91 Å². The van der Waals surface area contributed by atoms with Crippen molar-refractivity contribution in [2.75, 3.05) is 0 Å². The summed E-state index contributed by atoms with van der Waals surface area (Å²) in [6, 6.07) is 9.27. The average molecular weight is 384 g/mol. The molecule has 0 saturated heterocycles. The Bertz CT molecular complexity index is 1050. The Hall–Kier alpha value is -2.57. The summed E-state index contributed by atoms with van der Waals surface area (Å²) < 4.78 is 5.82. The normalized spacial score (nSPS) is 18.3. The predicted molar refractivity (Wildman–Crippen MR) is 105 cm³/mol. The molecule has 3 heterocycles. The van der Waals surface area contributed by atoms with Crippen molar-refractivity contribution in [2.24, 2.45) is 4.99 Å². The van der Waals surface area contributed by atoms with Gasteiger partial charge in [0.05, 0.1) is 5.57 Å². The van der Waals surface area contributed by atoms with Crippen LogP contribution >= 0.6 is 23.4 Å². The first-order valence-electron chi connectivity index (χ1n) is 7.88. The van der Waals surface area contributed by atoms with Crippen LogP contribution in [0.4, 0.5) is 0 Å². The number of allylic oxidation sites excluding steroid dienone is 1. The van der Waals surface area contributed by atoms with E-state index in [9.17, 15) is 4.79 Å². The van der Waals surface area contributed by atoms with E-state index in [4.69, 9.17) is 21.4 Å². The average Bonchev–Trinajstić information content (AvgIpc) is 3.20. The van der Waals surface area contributed by atoms with Gasteiger partial charge in [-0.15, -0.1) is 0 Å². The van der Waals surface area contributed by atoms with Crippen molar-refractivity contribution >= 4 is 46.3 Å². The minimum Gasteiger partial charge on any atom is -0.457 e. The Morgan fingerprint density at radius 2 is 2.08 bits per heavy atom. The number of aliphatic imine (C=N–C) groups is 1. The number of carbonyl (C=O) groups is 1. The molecule has 2 aliphatic rings. The molecule has 2 aliphatic heterocycles. The molecular weight excluding hydrogens is 370 g/mol. The molecule has 0 aliphatic carbocycles. The maximum atomic E-state index is 12.3. The second kappa shape index (κ2) is 6.30. The fraction of sp³-hybridized carbons (Fsp3) is 0.105. The third-order valence-corrected chi connectivity index (χ3v) is 5.37. The Morgan fingerprint density at radius 3 is 2.85 bits per heavy atom. The zero-order valence-corrected chi connectivity index (χ0v) is 15.6. The number of amidine groups is 2. The van der Waals surface area contributed by atoms with Gasteiger partial charge in [0, 0.05) is 21.7 Å². The molecule has 0 saturated carbocycles. The first kappa shape index (κ1) is 16.9. The minimum absolute atomic E-state index is 0.0979. The number of aryl methyl sites for hydroxylation is 1. The van der Waals surface area contributed by atoms with Crippen LogP contribution in [0.25, 0.3) is 17.4 Å². The lowest BCUT2D eigenvalue weighted by molar-refractivity contribution is -0.114. The molecule has 1 amide bonds. The summed E-state index contributed by atoms with van der Waals surface area (Å²) in [5, 5.41) is 9.49. The quantitative estimate of drug-likeness (QED) is 0.734.